The summed E-state index contributed by atoms with van der Waals surface area (Å²) < 4.78 is 2.32. The number of aryl methyl sites for hydroxylation is 1. The number of anilines is 1. The molecule has 3 heterocycles. The van der Waals surface area contributed by atoms with Crippen LogP contribution in [0.4, 0.5) is 5.82 Å². The highest BCUT2D eigenvalue weighted by Crippen LogP contribution is 2.35. The molecule has 1 aliphatic heterocycles. The van der Waals surface area contributed by atoms with Gasteiger partial charge >= 0.3 is 0 Å². The third-order valence-corrected chi connectivity index (χ3v) is 6.17. The van der Waals surface area contributed by atoms with Crippen molar-refractivity contribution in [2.45, 2.75) is 26.3 Å². The van der Waals surface area contributed by atoms with Gasteiger partial charge < -0.3 is 9.47 Å². The second-order valence-corrected chi connectivity index (χ2v) is 7.75. The van der Waals surface area contributed by atoms with E-state index < -0.39 is 0 Å². The Balaban J connectivity index is 0.00000205. The van der Waals surface area contributed by atoms with Crippen molar-refractivity contribution in [1.82, 2.24) is 9.55 Å². The van der Waals surface area contributed by atoms with Crippen LogP contribution in [0.15, 0.2) is 66.9 Å². The Morgan fingerprint density at radius 1 is 0.931 bits per heavy atom. The van der Waals surface area contributed by atoms with Crippen LogP contribution in [0.1, 0.15) is 27.9 Å². The molecule has 0 saturated carbocycles. The maximum absolute atomic E-state index is 4.87. The van der Waals surface area contributed by atoms with E-state index in [1.165, 1.54) is 38.9 Å². The SMILES string of the molecule is Cc1c(Cc2ccccc2)c2c(N3CCc4ccccc4C3)nccc2n1C.Cl. The molecule has 4 heteroatoms. The van der Waals surface area contributed by atoms with Gasteiger partial charge in [0, 0.05) is 37.4 Å². The number of pyridine rings is 1. The van der Waals surface area contributed by atoms with Gasteiger partial charge in [0.25, 0.3) is 0 Å². The minimum absolute atomic E-state index is 0. The summed E-state index contributed by atoms with van der Waals surface area (Å²) in [5.41, 5.74) is 8.23. The first-order valence-electron chi connectivity index (χ1n) is 10.0. The molecule has 4 aromatic rings. The fourth-order valence-corrected chi connectivity index (χ4v) is 4.51. The Hall–Kier alpha value is -2.78. The van der Waals surface area contributed by atoms with Gasteiger partial charge in [0.15, 0.2) is 0 Å². The van der Waals surface area contributed by atoms with Crippen molar-refractivity contribution < 1.29 is 0 Å². The first-order valence-corrected chi connectivity index (χ1v) is 10.0. The average Bonchev–Trinajstić information content (AvgIpc) is 2.99. The van der Waals surface area contributed by atoms with Gasteiger partial charge in [-0.15, -0.1) is 12.4 Å². The maximum atomic E-state index is 4.87. The Morgan fingerprint density at radius 3 is 2.45 bits per heavy atom. The largest absolute Gasteiger partial charge is 0.351 e. The highest BCUT2D eigenvalue weighted by molar-refractivity contribution is 5.95. The van der Waals surface area contributed by atoms with Crippen LogP contribution < -0.4 is 4.90 Å². The normalized spacial score (nSPS) is 13.2. The van der Waals surface area contributed by atoms with Crippen LogP contribution in [0, 0.1) is 6.92 Å². The maximum Gasteiger partial charge on any atom is 0.138 e. The predicted octanol–water partition coefficient (Wildman–Crippen LogP) is 5.46. The second-order valence-electron chi connectivity index (χ2n) is 7.75. The van der Waals surface area contributed by atoms with Crippen molar-refractivity contribution in [2.75, 3.05) is 11.4 Å². The molecule has 0 fully saturated rings. The van der Waals surface area contributed by atoms with Crippen LogP contribution in [0.5, 0.6) is 0 Å². The van der Waals surface area contributed by atoms with Crippen LogP contribution in [0.25, 0.3) is 10.9 Å². The lowest BCUT2D eigenvalue weighted by molar-refractivity contribution is 0.724. The van der Waals surface area contributed by atoms with Gasteiger partial charge in [0.05, 0.1) is 5.52 Å². The predicted molar refractivity (Wildman–Crippen MR) is 123 cm³/mol. The van der Waals surface area contributed by atoms with E-state index in [0.717, 1.165) is 31.7 Å². The zero-order valence-electron chi connectivity index (χ0n) is 16.9. The van der Waals surface area contributed by atoms with E-state index in [1.54, 1.807) is 0 Å². The van der Waals surface area contributed by atoms with Gasteiger partial charge in [-0.3, -0.25) is 0 Å². The summed E-state index contributed by atoms with van der Waals surface area (Å²) in [5.74, 6) is 1.13. The number of nitrogens with zero attached hydrogens (tertiary/aromatic N) is 3. The van der Waals surface area contributed by atoms with Crippen molar-refractivity contribution in [3.63, 3.8) is 0 Å². The molecule has 148 valence electrons. The first-order chi connectivity index (χ1) is 13.7. The van der Waals surface area contributed by atoms with Gasteiger partial charge in [-0.1, -0.05) is 54.6 Å². The van der Waals surface area contributed by atoms with Crippen LogP contribution in [0.2, 0.25) is 0 Å². The van der Waals surface area contributed by atoms with E-state index in [4.69, 9.17) is 4.98 Å². The van der Waals surface area contributed by atoms with E-state index in [2.05, 4.69) is 84.1 Å². The number of fused-ring (bicyclic) bond motifs is 2. The summed E-state index contributed by atoms with van der Waals surface area (Å²) >= 11 is 0. The molecule has 0 radical (unpaired) electrons. The molecule has 2 aromatic heterocycles. The molecule has 0 unspecified atom stereocenters. The lowest BCUT2D eigenvalue weighted by atomic mass is 9.98. The van der Waals surface area contributed by atoms with Crippen LogP contribution >= 0.6 is 12.4 Å². The summed E-state index contributed by atoms with van der Waals surface area (Å²) in [6.45, 7) is 4.18. The van der Waals surface area contributed by atoms with Gasteiger partial charge in [-0.05, 0) is 48.1 Å². The van der Waals surface area contributed by atoms with E-state index in [0.29, 0.717) is 0 Å². The molecule has 0 spiro atoms. The minimum Gasteiger partial charge on any atom is -0.351 e. The molecule has 2 aromatic carbocycles. The van der Waals surface area contributed by atoms with E-state index >= 15 is 0 Å². The van der Waals surface area contributed by atoms with Gasteiger partial charge in [-0.25, -0.2) is 4.98 Å². The molecule has 5 rings (SSSR count). The molecular formula is C25H26ClN3. The number of hydrogen-bond donors (Lipinski definition) is 0. The molecule has 29 heavy (non-hydrogen) atoms. The van der Waals surface area contributed by atoms with E-state index in [9.17, 15) is 0 Å². The van der Waals surface area contributed by atoms with Crippen molar-refractivity contribution >= 4 is 29.1 Å². The zero-order chi connectivity index (χ0) is 19.1. The molecule has 0 amide bonds. The fraction of sp³-hybridized carbons (Fsp3) is 0.240. The van der Waals surface area contributed by atoms with Gasteiger partial charge in [0.1, 0.15) is 5.82 Å². The first kappa shape index (κ1) is 19.5. The standard InChI is InChI=1S/C25H25N3.ClH/c1-18-22(16-19-8-4-3-5-9-19)24-23(27(18)2)12-14-26-25(24)28-15-13-20-10-6-7-11-21(20)17-28;/h3-12,14H,13,15-17H2,1-2H3;1H. The van der Waals surface area contributed by atoms with Crippen LogP contribution in [-0.2, 0) is 26.4 Å². The summed E-state index contributed by atoms with van der Waals surface area (Å²) in [4.78, 5) is 7.33. The zero-order valence-corrected chi connectivity index (χ0v) is 17.7. The third-order valence-electron chi connectivity index (χ3n) is 6.17. The van der Waals surface area contributed by atoms with Gasteiger partial charge in [0.2, 0.25) is 0 Å². The molecule has 0 atom stereocenters. The molecule has 0 bridgehead atoms. The summed E-state index contributed by atoms with van der Waals surface area (Å²) in [5, 5.41) is 1.31. The van der Waals surface area contributed by atoms with Crippen molar-refractivity contribution in [2.24, 2.45) is 7.05 Å². The molecule has 1 aliphatic rings. The summed E-state index contributed by atoms with van der Waals surface area (Å²) in [7, 11) is 2.17. The summed E-state index contributed by atoms with van der Waals surface area (Å²) in [6, 6.07) is 21.7. The molecule has 0 saturated heterocycles. The summed E-state index contributed by atoms with van der Waals surface area (Å²) in [6.07, 6.45) is 3.98. The van der Waals surface area contributed by atoms with E-state index in [-0.39, 0.29) is 12.4 Å². The van der Waals surface area contributed by atoms with E-state index in [1.807, 2.05) is 6.20 Å². The van der Waals surface area contributed by atoms with Gasteiger partial charge in [-0.2, -0.15) is 0 Å². The molecule has 0 N–H and O–H groups in total. The number of rotatable bonds is 3. The number of halogens is 1. The van der Waals surface area contributed by atoms with Crippen molar-refractivity contribution in [3.05, 3.63) is 94.8 Å². The molecule has 3 nitrogen and oxygen atoms in total. The topological polar surface area (TPSA) is 21.1 Å². The molecular weight excluding hydrogens is 378 g/mol. The average molecular weight is 404 g/mol. The number of benzene rings is 2. The molecule has 0 aliphatic carbocycles. The smallest absolute Gasteiger partial charge is 0.138 e. The lowest BCUT2D eigenvalue weighted by Gasteiger charge is -2.30. The third kappa shape index (κ3) is 3.40. The fourth-order valence-electron chi connectivity index (χ4n) is 4.51. The highest BCUT2D eigenvalue weighted by Gasteiger charge is 2.23. The quantitative estimate of drug-likeness (QED) is 0.453. The highest BCUT2D eigenvalue weighted by atomic mass is 35.5. The van der Waals surface area contributed by atoms with Crippen molar-refractivity contribution in [1.29, 1.82) is 0 Å². The Morgan fingerprint density at radius 2 is 1.66 bits per heavy atom. The number of aromatic nitrogens is 2. The minimum atomic E-state index is 0. The Labute approximate surface area is 178 Å². The van der Waals surface area contributed by atoms with Crippen LogP contribution in [-0.4, -0.2) is 16.1 Å². The van der Waals surface area contributed by atoms with Crippen LogP contribution in [0.3, 0.4) is 0 Å². The Bertz CT molecular complexity index is 1150. The lowest BCUT2D eigenvalue weighted by Crippen LogP contribution is -2.31. The second kappa shape index (κ2) is 7.92. The van der Waals surface area contributed by atoms with Crippen molar-refractivity contribution in [3.8, 4) is 0 Å². The monoisotopic (exact) mass is 403 g/mol. The Kier molecular flexibility index (Phi) is 5.33. The number of hydrogen-bond acceptors (Lipinski definition) is 2.